The minimum atomic E-state index is -0.563. The summed E-state index contributed by atoms with van der Waals surface area (Å²) in [5.41, 5.74) is 2.13. The van der Waals surface area contributed by atoms with Gasteiger partial charge in [-0.15, -0.1) is 11.8 Å². The summed E-state index contributed by atoms with van der Waals surface area (Å²) >= 11 is 1.49. The van der Waals surface area contributed by atoms with Gasteiger partial charge in [0.15, 0.2) is 0 Å². The number of methoxy groups -OCH3 is 1. The third kappa shape index (κ3) is 7.10. The number of nitrogens with zero attached hydrogens (tertiary/aromatic N) is 1. The van der Waals surface area contributed by atoms with E-state index in [1.54, 1.807) is 18.9 Å². The minimum absolute atomic E-state index is 0.0665. The van der Waals surface area contributed by atoms with Crippen molar-refractivity contribution < 1.29 is 14.3 Å². The van der Waals surface area contributed by atoms with Crippen LogP contribution in [0.3, 0.4) is 0 Å². The molecule has 0 fully saturated rings. The topological polar surface area (TPSA) is 58.6 Å². The van der Waals surface area contributed by atoms with Gasteiger partial charge in [0.25, 0.3) is 0 Å². The zero-order valence-corrected chi connectivity index (χ0v) is 19.3. The van der Waals surface area contributed by atoms with Crippen molar-refractivity contribution in [2.75, 3.05) is 12.9 Å². The summed E-state index contributed by atoms with van der Waals surface area (Å²) in [5.74, 6) is 0.837. The molecule has 0 saturated heterocycles. The molecule has 2 amide bonds. The van der Waals surface area contributed by atoms with Gasteiger partial charge in [0.05, 0.1) is 12.9 Å². The maximum absolute atomic E-state index is 13.1. The lowest BCUT2D eigenvalue weighted by atomic mass is 10.1. The number of aryl methyl sites for hydroxylation is 1. The van der Waals surface area contributed by atoms with Crippen LogP contribution >= 0.6 is 11.8 Å². The zero-order valence-electron chi connectivity index (χ0n) is 18.5. The molecular formula is C24H32N2O3S. The Morgan fingerprint density at radius 2 is 1.70 bits per heavy atom. The molecular weight excluding hydrogens is 396 g/mol. The molecule has 0 aliphatic heterocycles. The monoisotopic (exact) mass is 428 g/mol. The Labute approximate surface area is 184 Å². The van der Waals surface area contributed by atoms with Gasteiger partial charge in [0, 0.05) is 17.5 Å². The molecule has 0 aromatic heterocycles. The maximum atomic E-state index is 13.1. The van der Waals surface area contributed by atoms with Gasteiger partial charge >= 0.3 is 0 Å². The quantitative estimate of drug-likeness (QED) is 0.569. The normalized spacial score (nSPS) is 12.7. The molecule has 2 atom stereocenters. The molecule has 0 saturated carbocycles. The average molecular weight is 429 g/mol. The van der Waals surface area contributed by atoms with Gasteiger partial charge in [0.1, 0.15) is 11.8 Å². The fraction of sp³-hybridized carbons (Fsp3) is 0.417. The molecule has 0 radical (unpaired) electrons. The van der Waals surface area contributed by atoms with E-state index in [4.69, 9.17) is 4.74 Å². The fourth-order valence-corrected chi connectivity index (χ4v) is 3.62. The van der Waals surface area contributed by atoms with E-state index < -0.39 is 6.04 Å². The fourth-order valence-electron chi connectivity index (χ4n) is 2.84. The summed E-state index contributed by atoms with van der Waals surface area (Å²) in [5, 5.41) is 2.99. The zero-order chi connectivity index (χ0) is 22.1. The summed E-state index contributed by atoms with van der Waals surface area (Å²) in [7, 11) is 1.62. The maximum Gasteiger partial charge on any atom is 0.242 e. The van der Waals surface area contributed by atoms with Crippen molar-refractivity contribution in [3.8, 4) is 5.75 Å². The van der Waals surface area contributed by atoms with Crippen molar-refractivity contribution in [1.29, 1.82) is 0 Å². The molecule has 30 heavy (non-hydrogen) atoms. The van der Waals surface area contributed by atoms with Gasteiger partial charge in [0.2, 0.25) is 11.8 Å². The van der Waals surface area contributed by atoms with E-state index in [-0.39, 0.29) is 23.6 Å². The second-order valence-corrected chi connectivity index (χ2v) is 8.51. The van der Waals surface area contributed by atoms with Crippen LogP contribution in [0.2, 0.25) is 0 Å². The molecule has 0 aliphatic rings. The molecule has 5 nitrogen and oxygen atoms in total. The van der Waals surface area contributed by atoms with Crippen molar-refractivity contribution >= 4 is 23.6 Å². The van der Waals surface area contributed by atoms with Gasteiger partial charge in [-0.1, -0.05) is 36.8 Å². The average Bonchev–Trinajstić information content (AvgIpc) is 2.76. The lowest BCUT2D eigenvalue weighted by molar-refractivity contribution is -0.138. The smallest absolute Gasteiger partial charge is 0.242 e. The lowest BCUT2D eigenvalue weighted by Crippen LogP contribution is -2.50. The predicted octanol–water partition coefficient (Wildman–Crippen LogP) is 4.43. The first kappa shape index (κ1) is 23.8. The van der Waals surface area contributed by atoms with Crippen molar-refractivity contribution in [3.05, 3.63) is 59.7 Å². The van der Waals surface area contributed by atoms with Crippen LogP contribution in [-0.4, -0.2) is 41.7 Å². The van der Waals surface area contributed by atoms with Crippen molar-refractivity contribution in [1.82, 2.24) is 10.2 Å². The highest BCUT2D eigenvalue weighted by Gasteiger charge is 2.26. The third-order valence-electron chi connectivity index (χ3n) is 5.06. The Morgan fingerprint density at radius 1 is 1.07 bits per heavy atom. The lowest BCUT2D eigenvalue weighted by Gasteiger charge is -2.29. The minimum Gasteiger partial charge on any atom is -0.497 e. The molecule has 2 aromatic rings. The van der Waals surface area contributed by atoms with Gasteiger partial charge in [-0.25, -0.2) is 0 Å². The van der Waals surface area contributed by atoms with E-state index in [9.17, 15) is 9.59 Å². The number of hydrogen-bond donors (Lipinski definition) is 1. The largest absolute Gasteiger partial charge is 0.497 e. The first-order valence-corrected chi connectivity index (χ1v) is 11.2. The van der Waals surface area contributed by atoms with Gasteiger partial charge in [-0.3, -0.25) is 9.59 Å². The predicted molar refractivity (Wildman–Crippen MR) is 123 cm³/mol. The Kier molecular flexibility index (Phi) is 9.24. The Morgan fingerprint density at radius 3 is 2.27 bits per heavy atom. The van der Waals surface area contributed by atoms with E-state index >= 15 is 0 Å². The molecule has 0 unspecified atom stereocenters. The van der Waals surface area contributed by atoms with Gasteiger partial charge in [-0.2, -0.15) is 0 Å². The Hall–Kier alpha value is -2.47. The van der Waals surface area contributed by atoms with E-state index in [0.29, 0.717) is 6.54 Å². The number of nitrogens with one attached hydrogen (secondary N) is 1. The van der Waals surface area contributed by atoms with Crippen LogP contribution in [0, 0.1) is 6.92 Å². The number of rotatable bonds is 10. The molecule has 162 valence electrons. The van der Waals surface area contributed by atoms with Crippen molar-refractivity contribution in [3.63, 3.8) is 0 Å². The Bertz CT molecular complexity index is 821. The molecule has 0 heterocycles. The van der Waals surface area contributed by atoms with E-state index in [0.717, 1.165) is 22.6 Å². The number of amides is 2. The first-order valence-electron chi connectivity index (χ1n) is 10.3. The van der Waals surface area contributed by atoms with Crippen LogP contribution in [-0.2, 0) is 16.1 Å². The highest BCUT2D eigenvalue weighted by molar-refractivity contribution is 8.00. The van der Waals surface area contributed by atoms with Crippen molar-refractivity contribution in [2.24, 2.45) is 0 Å². The summed E-state index contributed by atoms with van der Waals surface area (Å²) in [6.45, 7) is 8.18. The van der Waals surface area contributed by atoms with Crippen LogP contribution in [0.1, 0.15) is 38.3 Å². The van der Waals surface area contributed by atoms with E-state index in [1.165, 1.54) is 17.3 Å². The second-order valence-electron chi connectivity index (χ2n) is 7.47. The number of benzene rings is 2. The number of carbonyl (C=O) groups is 2. The summed E-state index contributed by atoms with van der Waals surface area (Å²) < 4.78 is 5.21. The van der Waals surface area contributed by atoms with Crippen LogP contribution < -0.4 is 10.1 Å². The van der Waals surface area contributed by atoms with E-state index in [2.05, 4.69) is 5.32 Å². The number of carbonyl (C=O) groups excluding carboxylic acids is 2. The number of ether oxygens (including phenoxy) is 1. The summed E-state index contributed by atoms with van der Waals surface area (Å²) in [6.07, 6.45) is 0.841. The van der Waals surface area contributed by atoms with Crippen molar-refractivity contribution in [2.45, 2.75) is 57.6 Å². The molecule has 0 aliphatic carbocycles. The summed E-state index contributed by atoms with van der Waals surface area (Å²) in [4.78, 5) is 28.5. The van der Waals surface area contributed by atoms with E-state index in [1.807, 2.05) is 69.3 Å². The summed E-state index contributed by atoms with van der Waals surface area (Å²) in [6, 6.07) is 15.2. The third-order valence-corrected chi connectivity index (χ3v) is 6.06. The van der Waals surface area contributed by atoms with Gasteiger partial charge < -0.3 is 15.0 Å². The Balaban J connectivity index is 2.14. The molecule has 0 bridgehead atoms. The van der Waals surface area contributed by atoms with Gasteiger partial charge in [-0.05, 0) is 57.0 Å². The van der Waals surface area contributed by atoms with Crippen LogP contribution in [0.5, 0.6) is 5.75 Å². The van der Waals surface area contributed by atoms with Crippen LogP contribution in [0.25, 0.3) is 0 Å². The highest BCUT2D eigenvalue weighted by atomic mass is 32.2. The molecule has 6 heteroatoms. The molecule has 1 N–H and O–H groups in total. The van der Waals surface area contributed by atoms with Crippen LogP contribution in [0.4, 0.5) is 0 Å². The first-order chi connectivity index (χ1) is 14.3. The molecule has 2 rings (SSSR count). The second kappa shape index (κ2) is 11.6. The highest BCUT2D eigenvalue weighted by Crippen LogP contribution is 2.21. The SMILES string of the molecule is CC[C@H](C)NC(=O)[C@@H](C)N(Cc1ccc(OC)cc1)C(=O)CSc1ccc(C)cc1. The van der Waals surface area contributed by atoms with Crippen LogP contribution in [0.15, 0.2) is 53.4 Å². The molecule has 2 aromatic carbocycles. The number of hydrogen-bond acceptors (Lipinski definition) is 4. The standard InChI is InChI=1S/C24H32N2O3S/c1-6-18(3)25-24(28)19(4)26(15-20-9-11-21(29-5)12-10-20)23(27)16-30-22-13-7-17(2)8-14-22/h7-14,18-19H,6,15-16H2,1-5H3,(H,25,28)/t18-,19+/m0/s1. The number of thioether (sulfide) groups is 1. The molecule has 0 spiro atoms.